The molecule has 0 spiro atoms. The molecular formula is C17H12ClN3OS. The number of nitrogens with zero attached hydrogens (tertiary/aromatic N) is 2. The van der Waals surface area contributed by atoms with Gasteiger partial charge in [-0.15, -0.1) is 11.3 Å². The monoisotopic (exact) mass is 341 g/mol. The zero-order valence-electron chi connectivity index (χ0n) is 12.0. The highest BCUT2D eigenvalue weighted by atomic mass is 35.5. The molecule has 1 aromatic carbocycles. The van der Waals surface area contributed by atoms with Crippen LogP contribution in [0.5, 0.6) is 0 Å². The van der Waals surface area contributed by atoms with E-state index in [1.807, 2.05) is 36.4 Å². The Morgan fingerprint density at radius 2 is 2.00 bits per heavy atom. The second-order valence-electron chi connectivity index (χ2n) is 4.99. The molecule has 114 valence electrons. The van der Waals surface area contributed by atoms with E-state index in [9.17, 15) is 0 Å². The summed E-state index contributed by atoms with van der Waals surface area (Å²) in [5.41, 5.74) is 2.20. The van der Waals surface area contributed by atoms with Crippen molar-refractivity contribution in [3.05, 3.63) is 65.2 Å². The van der Waals surface area contributed by atoms with Gasteiger partial charge in [0, 0.05) is 16.0 Å². The Bertz CT molecular complexity index is 932. The molecule has 4 rings (SSSR count). The van der Waals surface area contributed by atoms with Crippen molar-refractivity contribution in [1.29, 1.82) is 0 Å². The number of anilines is 1. The minimum atomic E-state index is 0.578. The smallest absolute Gasteiger partial charge is 0.139 e. The average molecular weight is 342 g/mol. The largest absolute Gasteiger partial charge is 0.467 e. The zero-order chi connectivity index (χ0) is 15.6. The van der Waals surface area contributed by atoms with Crippen LogP contribution in [0.25, 0.3) is 21.3 Å². The van der Waals surface area contributed by atoms with Gasteiger partial charge in [0.05, 0.1) is 18.2 Å². The molecule has 4 aromatic rings. The maximum Gasteiger partial charge on any atom is 0.139 e. The Labute approximate surface area is 141 Å². The molecule has 0 atom stereocenters. The number of thiophene rings is 1. The molecule has 0 saturated carbocycles. The van der Waals surface area contributed by atoms with Gasteiger partial charge in [-0.3, -0.25) is 0 Å². The van der Waals surface area contributed by atoms with Crippen LogP contribution in [0.2, 0.25) is 5.02 Å². The molecule has 3 heterocycles. The van der Waals surface area contributed by atoms with Crippen molar-refractivity contribution in [2.45, 2.75) is 6.54 Å². The molecule has 23 heavy (non-hydrogen) atoms. The van der Waals surface area contributed by atoms with E-state index in [4.69, 9.17) is 16.0 Å². The highest BCUT2D eigenvalue weighted by molar-refractivity contribution is 7.17. The predicted molar refractivity (Wildman–Crippen MR) is 93.9 cm³/mol. The topological polar surface area (TPSA) is 51.0 Å². The Morgan fingerprint density at radius 3 is 2.78 bits per heavy atom. The number of hydrogen-bond donors (Lipinski definition) is 1. The molecule has 1 N–H and O–H groups in total. The lowest BCUT2D eigenvalue weighted by molar-refractivity contribution is 0.518. The maximum absolute atomic E-state index is 5.98. The van der Waals surface area contributed by atoms with E-state index >= 15 is 0 Å². The van der Waals surface area contributed by atoms with Gasteiger partial charge in [-0.05, 0) is 29.8 Å². The summed E-state index contributed by atoms with van der Waals surface area (Å²) in [6, 6.07) is 11.6. The number of halogens is 1. The number of rotatable bonds is 4. The Hall–Kier alpha value is -2.37. The first-order valence-corrected chi connectivity index (χ1v) is 8.31. The first-order valence-electron chi connectivity index (χ1n) is 7.05. The lowest BCUT2D eigenvalue weighted by Gasteiger charge is -2.07. The minimum absolute atomic E-state index is 0.578. The summed E-state index contributed by atoms with van der Waals surface area (Å²) in [7, 11) is 0. The van der Waals surface area contributed by atoms with Crippen LogP contribution in [0.4, 0.5) is 5.82 Å². The summed E-state index contributed by atoms with van der Waals surface area (Å²) in [4.78, 5) is 9.72. The SMILES string of the molecule is Clc1ccc(-c2csc3ncnc(NCc4ccco4)c23)cc1. The van der Waals surface area contributed by atoms with Crippen LogP contribution in [-0.4, -0.2) is 9.97 Å². The number of benzene rings is 1. The highest BCUT2D eigenvalue weighted by Gasteiger charge is 2.13. The predicted octanol–water partition coefficient (Wildman–Crippen LogP) is 5.22. The Balaban J connectivity index is 1.75. The van der Waals surface area contributed by atoms with Crippen molar-refractivity contribution in [3.63, 3.8) is 0 Å². The van der Waals surface area contributed by atoms with Crippen LogP contribution in [0, 0.1) is 0 Å². The molecule has 0 radical (unpaired) electrons. The quantitative estimate of drug-likeness (QED) is 0.553. The summed E-state index contributed by atoms with van der Waals surface area (Å²) >= 11 is 7.59. The van der Waals surface area contributed by atoms with E-state index < -0.39 is 0 Å². The maximum atomic E-state index is 5.98. The molecule has 0 fully saturated rings. The molecule has 4 nitrogen and oxygen atoms in total. The molecule has 0 aliphatic heterocycles. The summed E-state index contributed by atoms with van der Waals surface area (Å²) < 4.78 is 5.36. The van der Waals surface area contributed by atoms with E-state index in [1.165, 1.54) is 0 Å². The van der Waals surface area contributed by atoms with Crippen molar-refractivity contribution in [2.24, 2.45) is 0 Å². The molecule has 0 saturated heterocycles. The number of furan rings is 1. The molecule has 0 bridgehead atoms. The van der Waals surface area contributed by atoms with Crippen molar-refractivity contribution in [1.82, 2.24) is 9.97 Å². The van der Waals surface area contributed by atoms with Gasteiger partial charge in [0.15, 0.2) is 0 Å². The third-order valence-electron chi connectivity index (χ3n) is 3.54. The van der Waals surface area contributed by atoms with Gasteiger partial charge in [-0.2, -0.15) is 0 Å². The van der Waals surface area contributed by atoms with Crippen molar-refractivity contribution >= 4 is 39.0 Å². The first-order chi connectivity index (χ1) is 11.3. The number of nitrogens with one attached hydrogen (secondary N) is 1. The van der Waals surface area contributed by atoms with Gasteiger partial charge >= 0.3 is 0 Å². The third-order valence-corrected chi connectivity index (χ3v) is 4.67. The third kappa shape index (κ3) is 2.81. The van der Waals surface area contributed by atoms with E-state index in [1.54, 1.807) is 23.9 Å². The van der Waals surface area contributed by atoms with Gasteiger partial charge in [0.2, 0.25) is 0 Å². The summed E-state index contributed by atoms with van der Waals surface area (Å²) in [5, 5.41) is 7.17. The number of fused-ring (bicyclic) bond motifs is 1. The number of aromatic nitrogens is 2. The van der Waals surface area contributed by atoms with E-state index in [2.05, 4.69) is 20.7 Å². The fourth-order valence-electron chi connectivity index (χ4n) is 2.44. The molecule has 6 heteroatoms. The summed E-state index contributed by atoms with van der Waals surface area (Å²) in [6.07, 6.45) is 3.24. The molecule has 0 aliphatic carbocycles. The van der Waals surface area contributed by atoms with Gasteiger partial charge in [-0.1, -0.05) is 23.7 Å². The summed E-state index contributed by atoms with van der Waals surface area (Å²) in [6.45, 7) is 0.578. The molecular weight excluding hydrogens is 330 g/mol. The molecule has 3 aromatic heterocycles. The first kappa shape index (κ1) is 14.2. The lowest BCUT2D eigenvalue weighted by Crippen LogP contribution is -2.01. The molecule has 0 aliphatic rings. The Kier molecular flexibility index (Phi) is 3.73. The summed E-state index contributed by atoms with van der Waals surface area (Å²) in [5.74, 6) is 1.66. The highest BCUT2D eigenvalue weighted by Crippen LogP contribution is 2.36. The standard InChI is InChI=1S/C17H12ClN3OS/c18-12-5-3-11(4-6-12)14-9-23-17-15(14)16(20-10-21-17)19-8-13-2-1-7-22-13/h1-7,9-10H,8H2,(H,19,20,21). The normalized spacial score (nSPS) is 11.0. The van der Waals surface area contributed by atoms with Crippen LogP contribution < -0.4 is 5.32 Å². The van der Waals surface area contributed by atoms with Crippen LogP contribution in [0.15, 0.2) is 58.8 Å². The van der Waals surface area contributed by atoms with Crippen LogP contribution in [-0.2, 0) is 6.54 Å². The fraction of sp³-hybridized carbons (Fsp3) is 0.0588. The molecule has 0 amide bonds. The van der Waals surface area contributed by atoms with Crippen LogP contribution in [0.3, 0.4) is 0 Å². The Morgan fingerprint density at radius 1 is 1.13 bits per heavy atom. The second-order valence-corrected chi connectivity index (χ2v) is 6.29. The van der Waals surface area contributed by atoms with Crippen molar-refractivity contribution in [3.8, 4) is 11.1 Å². The van der Waals surface area contributed by atoms with E-state index in [0.29, 0.717) is 6.54 Å². The second kappa shape index (κ2) is 6.02. The van der Waals surface area contributed by atoms with Gasteiger partial charge in [-0.25, -0.2) is 9.97 Å². The van der Waals surface area contributed by atoms with E-state index in [-0.39, 0.29) is 0 Å². The molecule has 0 unspecified atom stereocenters. The lowest BCUT2D eigenvalue weighted by atomic mass is 10.1. The minimum Gasteiger partial charge on any atom is -0.467 e. The van der Waals surface area contributed by atoms with Crippen molar-refractivity contribution in [2.75, 3.05) is 5.32 Å². The van der Waals surface area contributed by atoms with Gasteiger partial charge < -0.3 is 9.73 Å². The average Bonchev–Trinajstić information content (AvgIpc) is 3.23. The van der Waals surface area contributed by atoms with Crippen molar-refractivity contribution < 1.29 is 4.42 Å². The van der Waals surface area contributed by atoms with Gasteiger partial charge in [0.1, 0.15) is 22.7 Å². The zero-order valence-corrected chi connectivity index (χ0v) is 13.6. The fourth-order valence-corrected chi connectivity index (χ4v) is 3.48. The number of hydrogen-bond acceptors (Lipinski definition) is 5. The van der Waals surface area contributed by atoms with Gasteiger partial charge in [0.25, 0.3) is 0 Å². The van der Waals surface area contributed by atoms with Crippen LogP contribution in [0.1, 0.15) is 5.76 Å². The van der Waals surface area contributed by atoms with E-state index in [0.717, 1.165) is 37.9 Å². The van der Waals surface area contributed by atoms with Crippen LogP contribution >= 0.6 is 22.9 Å².